The smallest absolute Gasteiger partial charge is 0.269 e. The maximum absolute atomic E-state index is 12.5. The number of carbonyl (C=O) groups is 1. The van der Waals surface area contributed by atoms with Crippen molar-refractivity contribution in [1.29, 1.82) is 0 Å². The molecule has 3 rings (SSSR count). The molecule has 24 heavy (non-hydrogen) atoms. The molecule has 0 unspecified atom stereocenters. The van der Waals surface area contributed by atoms with Gasteiger partial charge in [-0.15, -0.1) is 0 Å². The zero-order chi connectivity index (χ0) is 17.2. The molecule has 1 aromatic heterocycles. The van der Waals surface area contributed by atoms with Crippen molar-refractivity contribution in [1.82, 2.24) is 4.98 Å². The highest BCUT2D eigenvalue weighted by atomic mass is 32.1. The first-order valence-corrected chi connectivity index (χ1v) is 8.30. The number of ether oxygens (including phenoxy) is 2. The van der Waals surface area contributed by atoms with Crippen LogP contribution in [0.25, 0.3) is 10.2 Å². The molecule has 0 bridgehead atoms. The lowest BCUT2D eigenvalue weighted by Crippen LogP contribution is -2.42. The van der Waals surface area contributed by atoms with Crippen LogP contribution in [0.3, 0.4) is 0 Å². The van der Waals surface area contributed by atoms with Crippen molar-refractivity contribution in [2.45, 2.75) is 19.4 Å². The molecule has 0 aliphatic rings. The van der Waals surface area contributed by atoms with Crippen LogP contribution in [0.4, 0.5) is 5.13 Å². The number of aromatic nitrogens is 1. The molecule has 6 heteroatoms. The second-order valence-electron chi connectivity index (χ2n) is 5.73. The largest absolute Gasteiger partial charge is 0.497 e. The number of rotatable bonds is 5. The Balaban J connectivity index is 1.76. The van der Waals surface area contributed by atoms with E-state index in [0.717, 1.165) is 16.0 Å². The summed E-state index contributed by atoms with van der Waals surface area (Å²) in [4.78, 5) is 17.0. The van der Waals surface area contributed by atoms with E-state index in [-0.39, 0.29) is 5.91 Å². The van der Waals surface area contributed by atoms with E-state index in [2.05, 4.69) is 10.3 Å². The molecule has 0 atom stereocenters. The number of para-hydroxylation sites is 1. The van der Waals surface area contributed by atoms with E-state index in [1.54, 1.807) is 21.0 Å². The molecule has 0 aliphatic carbocycles. The molecule has 0 radical (unpaired) electrons. The molecular formula is C18H18N2O3S. The van der Waals surface area contributed by atoms with Gasteiger partial charge in [-0.1, -0.05) is 29.5 Å². The first-order chi connectivity index (χ1) is 11.5. The third kappa shape index (κ3) is 3.49. The highest BCUT2D eigenvalue weighted by Crippen LogP contribution is 2.30. The summed E-state index contributed by atoms with van der Waals surface area (Å²) >= 11 is 1.40. The third-order valence-corrected chi connectivity index (χ3v) is 4.41. The number of fused-ring (bicyclic) bond motifs is 1. The second-order valence-corrected chi connectivity index (χ2v) is 6.76. The number of hydrogen-bond acceptors (Lipinski definition) is 5. The second kappa shape index (κ2) is 6.49. The Morgan fingerprint density at radius 3 is 2.58 bits per heavy atom. The van der Waals surface area contributed by atoms with Gasteiger partial charge in [0.25, 0.3) is 5.91 Å². The highest BCUT2D eigenvalue weighted by molar-refractivity contribution is 7.22. The van der Waals surface area contributed by atoms with Gasteiger partial charge in [0.2, 0.25) is 0 Å². The summed E-state index contributed by atoms with van der Waals surface area (Å²) in [5.41, 5.74) is -0.199. The Kier molecular flexibility index (Phi) is 4.40. The van der Waals surface area contributed by atoms with Crippen LogP contribution in [0.2, 0.25) is 0 Å². The van der Waals surface area contributed by atoms with Gasteiger partial charge in [0.15, 0.2) is 10.7 Å². The van der Waals surface area contributed by atoms with Crippen LogP contribution in [0.5, 0.6) is 11.5 Å². The summed E-state index contributed by atoms with van der Waals surface area (Å²) in [5.74, 6) is 1.15. The molecule has 2 aromatic carbocycles. The molecule has 0 spiro atoms. The Bertz CT molecular complexity index is 859. The monoisotopic (exact) mass is 342 g/mol. The number of benzene rings is 2. The molecule has 1 heterocycles. The quantitative estimate of drug-likeness (QED) is 0.758. The fourth-order valence-electron chi connectivity index (χ4n) is 2.16. The molecule has 0 aliphatic heterocycles. The Morgan fingerprint density at radius 2 is 1.88 bits per heavy atom. The Morgan fingerprint density at radius 1 is 1.12 bits per heavy atom. The number of carbonyl (C=O) groups excluding carboxylic acids is 1. The number of anilines is 1. The van der Waals surface area contributed by atoms with E-state index < -0.39 is 5.60 Å². The predicted octanol–water partition coefficient (Wildman–Crippen LogP) is 4.10. The SMILES string of the molecule is COc1ccc2nc(NC(=O)C(C)(C)Oc3ccccc3)sc2c1. The maximum Gasteiger partial charge on any atom is 0.269 e. The lowest BCUT2D eigenvalue weighted by molar-refractivity contribution is -0.128. The summed E-state index contributed by atoms with van der Waals surface area (Å²) in [6.07, 6.45) is 0. The van der Waals surface area contributed by atoms with E-state index in [1.807, 2.05) is 48.5 Å². The predicted molar refractivity (Wildman–Crippen MR) is 96.0 cm³/mol. The molecule has 0 saturated carbocycles. The number of nitrogens with one attached hydrogen (secondary N) is 1. The number of thiazole rings is 1. The molecule has 5 nitrogen and oxygen atoms in total. The number of methoxy groups -OCH3 is 1. The van der Waals surface area contributed by atoms with Gasteiger partial charge >= 0.3 is 0 Å². The first-order valence-electron chi connectivity index (χ1n) is 7.48. The van der Waals surface area contributed by atoms with Crippen molar-refractivity contribution in [2.75, 3.05) is 12.4 Å². The molecule has 124 valence electrons. The topological polar surface area (TPSA) is 60.5 Å². The maximum atomic E-state index is 12.5. The normalized spacial score (nSPS) is 11.3. The lowest BCUT2D eigenvalue weighted by Gasteiger charge is -2.24. The van der Waals surface area contributed by atoms with Crippen molar-refractivity contribution in [3.05, 3.63) is 48.5 Å². The minimum absolute atomic E-state index is 0.252. The summed E-state index contributed by atoms with van der Waals surface area (Å²) in [7, 11) is 1.62. The average molecular weight is 342 g/mol. The van der Waals surface area contributed by atoms with Gasteiger partial charge in [0.1, 0.15) is 11.5 Å². The van der Waals surface area contributed by atoms with Crippen LogP contribution in [-0.4, -0.2) is 23.6 Å². The molecule has 3 aromatic rings. The zero-order valence-corrected chi connectivity index (χ0v) is 14.5. The Labute approximate surface area is 144 Å². The van der Waals surface area contributed by atoms with Gasteiger partial charge < -0.3 is 9.47 Å². The number of amides is 1. The van der Waals surface area contributed by atoms with Crippen molar-refractivity contribution in [3.63, 3.8) is 0 Å². The van der Waals surface area contributed by atoms with Crippen LogP contribution in [-0.2, 0) is 4.79 Å². The third-order valence-electron chi connectivity index (χ3n) is 3.48. The highest BCUT2D eigenvalue weighted by Gasteiger charge is 2.30. The minimum Gasteiger partial charge on any atom is -0.497 e. The van der Waals surface area contributed by atoms with E-state index in [9.17, 15) is 4.79 Å². The van der Waals surface area contributed by atoms with Crippen molar-refractivity contribution < 1.29 is 14.3 Å². The molecular weight excluding hydrogens is 324 g/mol. The first kappa shape index (κ1) is 16.3. The van der Waals surface area contributed by atoms with Crippen molar-refractivity contribution in [2.24, 2.45) is 0 Å². The number of hydrogen-bond donors (Lipinski definition) is 1. The average Bonchev–Trinajstić information content (AvgIpc) is 2.96. The summed E-state index contributed by atoms with van der Waals surface area (Å²) in [5, 5.41) is 3.37. The fourth-order valence-corrected chi connectivity index (χ4v) is 3.05. The van der Waals surface area contributed by atoms with E-state index >= 15 is 0 Å². The van der Waals surface area contributed by atoms with Gasteiger partial charge in [-0.3, -0.25) is 10.1 Å². The van der Waals surface area contributed by atoms with E-state index in [0.29, 0.717) is 10.9 Å². The van der Waals surface area contributed by atoms with Crippen LogP contribution >= 0.6 is 11.3 Å². The number of nitrogens with zero attached hydrogens (tertiary/aromatic N) is 1. The van der Waals surface area contributed by atoms with Crippen LogP contribution in [0.15, 0.2) is 48.5 Å². The van der Waals surface area contributed by atoms with Gasteiger partial charge in [-0.25, -0.2) is 4.98 Å². The van der Waals surface area contributed by atoms with Crippen molar-refractivity contribution in [3.8, 4) is 11.5 Å². The molecule has 1 amide bonds. The van der Waals surface area contributed by atoms with Crippen LogP contribution < -0.4 is 14.8 Å². The summed E-state index contributed by atoms with van der Waals surface area (Å²) < 4.78 is 11.9. The molecule has 1 N–H and O–H groups in total. The lowest BCUT2D eigenvalue weighted by atomic mass is 10.1. The fraction of sp³-hybridized carbons (Fsp3) is 0.222. The minimum atomic E-state index is -1.02. The van der Waals surface area contributed by atoms with Gasteiger partial charge in [-0.05, 0) is 44.2 Å². The molecule has 0 fully saturated rings. The van der Waals surface area contributed by atoms with E-state index in [1.165, 1.54) is 11.3 Å². The van der Waals surface area contributed by atoms with Gasteiger partial charge in [0, 0.05) is 0 Å². The summed E-state index contributed by atoms with van der Waals surface area (Å²) in [6, 6.07) is 14.9. The van der Waals surface area contributed by atoms with E-state index in [4.69, 9.17) is 9.47 Å². The standard InChI is InChI=1S/C18H18N2O3S/c1-18(2,23-12-7-5-4-6-8-12)16(21)20-17-19-14-10-9-13(22-3)11-15(14)24-17/h4-11H,1-3H3,(H,19,20,21). The summed E-state index contributed by atoms with van der Waals surface area (Å²) in [6.45, 7) is 3.46. The van der Waals surface area contributed by atoms with Crippen LogP contribution in [0.1, 0.15) is 13.8 Å². The van der Waals surface area contributed by atoms with Gasteiger partial charge in [-0.2, -0.15) is 0 Å². The van der Waals surface area contributed by atoms with Gasteiger partial charge in [0.05, 0.1) is 17.3 Å². The van der Waals surface area contributed by atoms with Crippen LogP contribution in [0, 0.1) is 0 Å². The van der Waals surface area contributed by atoms with Crippen molar-refractivity contribution >= 4 is 32.6 Å². The Hall–Kier alpha value is -2.60. The molecule has 0 saturated heterocycles. The zero-order valence-electron chi connectivity index (χ0n) is 13.7.